The van der Waals surface area contributed by atoms with E-state index < -0.39 is 0 Å². The monoisotopic (exact) mass is 249 g/mol. The van der Waals surface area contributed by atoms with E-state index in [2.05, 4.69) is 10.2 Å². The third-order valence-corrected chi connectivity index (χ3v) is 3.38. The van der Waals surface area contributed by atoms with Crippen LogP contribution in [0.3, 0.4) is 0 Å². The van der Waals surface area contributed by atoms with Crippen LogP contribution >= 0.6 is 0 Å². The molecule has 5 heteroatoms. The van der Waals surface area contributed by atoms with E-state index >= 15 is 0 Å². The van der Waals surface area contributed by atoms with Crippen LogP contribution in [0.25, 0.3) is 0 Å². The summed E-state index contributed by atoms with van der Waals surface area (Å²) in [5.41, 5.74) is 7.50. The van der Waals surface area contributed by atoms with E-state index in [0.717, 1.165) is 56.5 Å². The molecule has 98 valence electrons. The second-order valence-electron chi connectivity index (χ2n) is 4.79. The molecule has 1 atom stereocenters. The molecule has 0 aliphatic carbocycles. The standard InChI is InChI=1S/C13H19N3O2/c14-10-1-2-13-12(7-10)15-8-11(18-13)9-16-3-5-17-6-4-16/h1-2,7,11,15H,3-6,8-9,14H2. The van der Waals surface area contributed by atoms with Gasteiger partial charge < -0.3 is 20.5 Å². The van der Waals surface area contributed by atoms with Gasteiger partial charge in [0.1, 0.15) is 11.9 Å². The van der Waals surface area contributed by atoms with Crippen molar-refractivity contribution in [3.8, 4) is 5.75 Å². The SMILES string of the molecule is Nc1ccc2c(c1)NCC(CN1CCOCC1)O2. The van der Waals surface area contributed by atoms with Crippen molar-refractivity contribution < 1.29 is 9.47 Å². The maximum Gasteiger partial charge on any atom is 0.143 e. The number of rotatable bonds is 2. The predicted octanol–water partition coefficient (Wildman–Crippen LogP) is 0.774. The van der Waals surface area contributed by atoms with Gasteiger partial charge in [-0.25, -0.2) is 0 Å². The lowest BCUT2D eigenvalue weighted by molar-refractivity contribution is 0.0203. The van der Waals surface area contributed by atoms with Crippen LogP contribution in [0, 0.1) is 0 Å². The summed E-state index contributed by atoms with van der Waals surface area (Å²) in [5, 5.41) is 3.38. The van der Waals surface area contributed by atoms with Crippen LogP contribution in [-0.4, -0.2) is 50.4 Å². The summed E-state index contributed by atoms with van der Waals surface area (Å²) in [7, 11) is 0. The Kier molecular flexibility index (Phi) is 3.25. The van der Waals surface area contributed by atoms with E-state index in [1.54, 1.807) is 0 Å². The van der Waals surface area contributed by atoms with Crippen LogP contribution in [0.15, 0.2) is 18.2 Å². The molecule has 18 heavy (non-hydrogen) atoms. The van der Waals surface area contributed by atoms with Crippen molar-refractivity contribution in [1.82, 2.24) is 4.90 Å². The zero-order chi connectivity index (χ0) is 12.4. The topological polar surface area (TPSA) is 59.8 Å². The Hall–Kier alpha value is -1.46. The molecule has 0 radical (unpaired) electrons. The minimum Gasteiger partial charge on any atom is -0.485 e. The molecule has 1 aromatic rings. The first-order chi connectivity index (χ1) is 8.81. The molecule has 0 aromatic heterocycles. The number of nitrogens with zero attached hydrogens (tertiary/aromatic N) is 1. The van der Waals surface area contributed by atoms with Gasteiger partial charge in [0, 0.05) is 25.3 Å². The molecular formula is C13H19N3O2. The number of fused-ring (bicyclic) bond motifs is 1. The number of morpholine rings is 1. The molecule has 1 aromatic carbocycles. The molecule has 2 aliphatic heterocycles. The van der Waals surface area contributed by atoms with Gasteiger partial charge in [0.25, 0.3) is 0 Å². The highest BCUT2D eigenvalue weighted by Crippen LogP contribution is 2.30. The number of hydrogen-bond acceptors (Lipinski definition) is 5. The molecule has 0 amide bonds. The Balaban J connectivity index is 1.62. The van der Waals surface area contributed by atoms with Crippen LogP contribution in [0.1, 0.15) is 0 Å². The number of benzene rings is 1. The average Bonchev–Trinajstić information content (AvgIpc) is 2.40. The number of nitrogens with one attached hydrogen (secondary N) is 1. The summed E-state index contributed by atoms with van der Waals surface area (Å²) in [6, 6.07) is 5.72. The lowest BCUT2D eigenvalue weighted by Gasteiger charge is -2.33. The molecule has 3 rings (SSSR count). The number of anilines is 2. The van der Waals surface area contributed by atoms with Crippen LogP contribution in [0.2, 0.25) is 0 Å². The highest BCUT2D eigenvalue weighted by molar-refractivity contribution is 5.64. The van der Waals surface area contributed by atoms with Crippen molar-refractivity contribution in [1.29, 1.82) is 0 Å². The zero-order valence-corrected chi connectivity index (χ0v) is 10.4. The zero-order valence-electron chi connectivity index (χ0n) is 10.4. The number of nitrogen functional groups attached to an aromatic ring is 1. The first-order valence-corrected chi connectivity index (χ1v) is 6.41. The van der Waals surface area contributed by atoms with Crippen molar-refractivity contribution in [2.45, 2.75) is 6.10 Å². The maximum atomic E-state index is 5.99. The summed E-state index contributed by atoms with van der Waals surface area (Å²) >= 11 is 0. The summed E-state index contributed by atoms with van der Waals surface area (Å²) in [6.45, 7) is 5.41. The van der Waals surface area contributed by atoms with Gasteiger partial charge in [-0.05, 0) is 18.2 Å². The van der Waals surface area contributed by atoms with E-state index in [-0.39, 0.29) is 6.10 Å². The highest BCUT2D eigenvalue weighted by Gasteiger charge is 2.22. The number of hydrogen-bond donors (Lipinski definition) is 2. The van der Waals surface area contributed by atoms with Crippen LogP contribution in [0.5, 0.6) is 5.75 Å². The smallest absolute Gasteiger partial charge is 0.143 e. The quantitative estimate of drug-likeness (QED) is 0.758. The van der Waals surface area contributed by atoms with Gasteiger partial charge in [-0.2, -0.15) is 0 Å². The van der Waals surface area contributed by atoms with Crippen molar-refractivity contribution in [3.05, 3.63) is 18.2 Å². The first kappa shape index (κ1) is 11.6. The fourth-order valence-corrected chi connectivity index (χ4v) is 2.41. The Morgan fingerprint density at radius 3 is 3.00 bits per heavy atom. The molecule has 1 saturated heterocycles. The normalized spacial score (nSPS) is 23.9. The van der Waals surface area contributed by atoms with Gasteiger partial charge in [-0.3, -0.25) is 4.90 Å². The Labute approximate surface area is 107 Å². The Morgan fingerprint density at radius 1 is 1.33 bits per heavy atom. The van der Waals surface area contributed by atoms with Crippen molar-refractivity contribution in [2.24, 2.45) is 0 Å². The first-order valence-electron chi connectivity index (χ1n) is 6.41. The predicted molar refractivity (Wildman–Crippen MR) is 71.0 cm³/mol. The lowest BCUT2D eigenvalue weighted by Crippen LogP contribution is -2.46. The average molecular weight is 249 g/mol. The molecule has 2 heterocycles. The second-order valence-corrected chi connectivity index (χ2v) is 4.79. The van der Waals surface area contributed by atoms with Gasteiger partial charge in [0.05, 0.1) is 25.4 Å². The molecule has 2 aliphatic rings. The van der Waals surface area contributed by atoms with Crippen molar-refractivity contribution in [3.63, 3.8) is 0 Å². The van der Waals surface area contributed by atoms with E-state index in [9.17, 15) is 0 Å². The molecule has 0 saturated carbocycles. The van der Waals surface area contributed by atoms with E-state index in [1.807, 2.05) is 18.2 Å². The maximum absolute atomic E-state index is 5.99. The van der Waals surface area contributed by atoms with E-state index in [1.165, 1.54) is 0 Å². The van der Waals surface area contributed by atoms with Gasteiger partial charge in [0.2, 0.25) is 0 Å². The molecule has 5 nitrogen and oxygen atoms in total. The van der Waals surface area contributed by atoms with Gasteiger partial charge >= 0.3 is 0 Å². The summed E-state index contributed by atoms with van der Waals surface area (Å²) in [4.78, 5) is 2.39. The molecule has 1 fully saturated rings. The third kappa shape index (κ3) is 2.52. The molecule has 3 N–H and O–H groups in total. The number of nitrogens with two attached hydrogens (primary N) is 1. The Bertz CT molecular complexity index is 419. The minimum absolute atomic E-state index is 0.194. The molecular weight excluding hydrogens is 230 g/mol. The van der Waals surface area contributed by atoms with Crippen LogP contribution in [0.4, 0.5) is 11.4 Å². The fourth-order valence-electron chi connectivity index (χ4n) is 2.41. The summed E-state index contributed by atoms with van der Waals surface area (Å²) in [6.07, 6.45) is 0.194. The second kappa shape index (κ2) is 5.04. The third-order valence-electron chi connectivity index (χ3n) is 3.38. The van der Waals surface area contributed by atoms with Crippen LogP contribution in [-0.2, 0) is 4.74 Å². The van der Waals surface area contributed by atoms with Crippen molar-refractivity contribution >= 4 is 11.4 Å². The summed E-state index contributed by atoms with van der Waals surface area (Å²) < 4.78 is 11.3. The van der Waals surface area contributed by atoms with Gasteiger partial charge in [-0.15, -0.1) is 0 Å². The lowest BCUT2D eigenvalue weighted by atomic mass is 10.2. The van der Waals surface area contributed by atoms with Gasteiger partial charge in [0.15, 0.2) is 0 Å². The van der Waals surface area contributed by atoms with E-state index in [0.29, 0.717) is 0 Å². The number of ether oxygens (including phenoxy) is 2. The van der Waals surface area contributed by atoms with Crippen LogP contribution < -0.4 is 15.8 Å². The minimum atomic E-state index is 0.194. The summed E-state index contributed by atoms with van der Waals surface area (Å²) in [5.74, 6) is 0.897. The largest absolute Gasteiger partial charge is 0.485 e. The van der Waals surface area contributed by atoms with Crippen molar-refractivity contribution in [2.75, 3.05) is 50.4 Å². The van der Waals surface area contributed by atoms with E-state index in [4.69, 9.17) is 15.2 Å². The molecule has 1 unspecified atom stereocenters. The van der Waals surface area contributed by atoms with Gasteiger partial charge in [-0.1, -0.05) is 0 Å². The molecule has 0 bridgehead atoms. The fraction of sp³-hybridized carbons (Fsp3) is 0.538. The molecule has 0 spiro atoms. The highest BCUT2D eigenvalue weighted by atomic mass is 16.5. The Morgan fingerprint density at radius 2 is 2.17 bits per heavy atom.